The topological polar surface area (TPSA) is 78.4 Å². The van der Waals surface area contributed by atoms with Crippen molar-refractivity contribution in [3.63, 3.8) is 0 Å². The van der Waals surface area contributed by atoms with Gasteiger partial charge in [0.25, 0.3) is 5.91 Å². The van der Waals surface area contributed by atoms with E-state index in [1.807, 2.05) is 11.8 Å². The van der Waals surface area contributed by atoms with Crippen LogP contribution in [0.2, 0.25) is 0 Å². The zero-order valence-corrected chi connectivity index (χ0v) is 15.0. The number of urea groups is 1. The third kappa shape index (κ3) is 3.85. The Labute approximate surface area is 146 Å². The molecule has 0 atom stereocenters. The molecule has 3 amide bonds. The Morgan fingerprint density at radius 3 is 2.46 bits per heavy atom. The third-order valence-corrected chi connectivity index (χ3v) is 5.63. The lowest BCUT2D eigenvalue weighted by molar-refractivity contribution is 0.0666. The average molecular weight is 351 g/mol. The maximum absolute atomic E-state index is 12.6. The molecule has 1 aliphatic heterocycles. The van der Waals surface area contributed by atoms with Crippen molar-refractivity contribution >= 4 is 23.5 Å². The Morgan fingerprint density at radius 2 is 1.79 bits per heavy atom. The molecule has 2 aliphatic rings. The van der Waals surface area contributed by atoms with Crippen molar-refractivity contribution in [2.45, 2.75) is 51.5 Å². The molecule has 1 saturated carbocycles. The standard InChI is InChI=1S/C16H25N5O2S/c1-2-13-14(24-19-18-13)15(22)20-8-10-21(11-9-20)16(23)17-12-6-4-3-5-7-12/h12H,2-11H2,1H3,(H,17,23). The SMILES string of the molecule is CCc1nnsc1C(=O)N1CCN(C(=O)NC2CCCCC2)CC1. The molecule has 1 saturated heterocycles. The van der Waals surface area contributed by atoms with Gasteiger partial charge in [0, 0.05) is 32.2 Å². The van der Waals surface area contributed by atoms with E-state index in [0.717, 1.165) is 30.1 Å². The van der Waals surface area contributed by atoms with Gasteiger partial charge in [0.2, 0.25) is 0 Å². The molecule has 1 aliphatic carbocycles. The summed E-state index contributed by atoms with van der Waals surface area (Å²) in [5, 5.41) is 7.15. The second-order valence-corrected chi connectivity index (χ2v) is 7.22. The number of aryl methyl sites for hydroxylation is 1. The highest BCUT2D eigenvalue weighted by atomic mass is 32.1. The molecule has 0 unspecified atom stereocenters. The van der Waals surface area contributed by atoms with E-state index in [-0.39, 0.29) is 11.9 Å². The highest BCUT2D eigenvalue weighted by Gasteiger charge is 2.28. The number of nitrogens with one attached hydrogen (secondary N) is 1. The molecule has 1 aromatic rings. The van der Waals surface area contributed by atoms with Crippen LogP contribution in [0.15, 0.2) is 0 Å². The summed E-state index contributed by atoms with van der Waals surface area (Å²) in [5.41, 5.74) is 0.766. The van der Waals surface area contributed by atoms with Crippen LogP contribution in [0.3, 0.4) is 0 Å². The van der Waals surface area contributed by atoms with Crippen molar-refractivity contribution in [1.82, 2.24) is 24.7 Å². The minimum absolute atomic E-state index is 0.00538. The van der Waals surface area contributed by atoms with Gasteiger partial charge in [-0.25, -0.2) is 4.79 Å². The van der Waals surface area contributed by atoms with Crippen LogP contribution in [0.1, 0.15) is 54.4 Å². The molecule has 1 N–H and O–H groups in total. The maximum Gasteiger partial charge on any atom is 0.317 e. The van der Waals surface area contributed by atoms with E-state index in [4.69, 9.17) is 0 Å². The largest absolute Gasteiger partial charge is 0.335 e. The molecular formula is C16H25N5O2S. The van der Waals surface area contributed by atoms with E-state index in [1.54, 1.807) is 4.90 Å². The van der Waals surface area contributed by atoms with Crippen LogP contribution < -0.4 is 5.32 Å². The van der Waals surface area contributed by atoms with Crippen LogP contribution >= 0.6 is 11.5 Å². The summed E-state index contributed by atoms with van der Waals surface area (Å²) in [6, 6.07) is 0.337. The Morgan fingerprint density at radius 1 is 1.12 bits per heavy atom. The summed E-state index contributed by atoms with van der Waals surface area (Å²) in [7, 11) is 0. The second kappa shape index (κ2) is 7.92. The van der Waals surface area contributed by atoms with Gasteiger partial charge in [-0.1, -0.05) is 30.7 Å². The predicted octanol–water partition coefficient (Wildman–Crippen LogP) is 1.90. The second-order valence-electron chi connectivity index (χ2n) is 6.47. The summed E-state index contributed by atoms with van der Waals surface area (Å²) in [5.74, 6) is -0.00538. The molecule has 7 nitrogen and oxygen atoms in total. The molecular weight excluding hydrogens is 326 g/mol. The van der Waals surface area contributed by atoms with E-state index >= 15 is 0 Å². The maximum atomic E-state index is 12.6. The Kier molecular flexibility index (Phi) is 5.65. The molecule has 0 aromatic carbocycles. The van der Waals surface area contributed by atoms with Crippen LogP contribution in [0.4, 0.5) is 4.79 Å². The first-order valence-electron chi connectivity index (χ1n) is 8.85. The summed E-state index contributed by atoms with van der Waals surface area (Å²) >= 11 is 1.16. The van der Waals surface area contributed by atoms with Crippen molar-refractivity contribution in [1.29, 1.82) is 0 Å². The molecule has 24 heavy (non-hydrogen) atoms. The van der Waals surface area contributed by atoms with Crippen molar-refractivity contribution in [2.24, 2.45) is 0 Å². The lowest BCUT2D eigenvalue weighted by Crippen LogP contribution is -2.54. The van der Waals surface area contributed by atoms with Gasteiger partial charge in [-0.05, 0) is 30.8 Å². The normalized spacial score (nSPS) is 19.4. The number of rotatable bonds is 3. The fourth-order valence-electron chi connectivity index (χ4n) is 3.37. The molecule has 3 rings (SSSR count). The zero-order valence-electron chi connectivity index (χ0n) is 14.2. The molecule has 8 heteroatoms. The van der Waals surface area contributed by atoms with Gasteiger partial charge in [0.1, 0.15) is 4.88 Å². The van der Waals surface area contributed by atoms with E-state index in [1.165, 1.54) is 19.3 Å². The number of hydrogen-bond acceptors (Lipinski definition) is 5. The molecule has 132 valence electrons. The third-order valence-electron chi connectivity index (χ3n) is 4.87. The summed E-state index contributed by atoms with van der Waals surface area (Å²) in [6.07, 6.45) is 6.57. The number of carbonyl (C=O) groups excluding carboxylic acids is 2. The summed E-state index contributed by atoms with van der Waals surface area (Å²) in [4.78, 5) is 29.2. The molecule has 2 fully saturated rings. The predicted molar refractivity (Wildman–Crippen MR) is 92.2 cm³/mol. The highest BCUT2D eigenvalue weighted by molar-refractivity contribution is 7.08. The van der Waals surface area contributed by atoms with E-state index in [0.29, 0.717) is 43.5 Å². The van der Waals surface area contributed by atoms with Crippen LogP contribution in [-0.4, -0.2) is 63.5 Å². The van der Waals surface area contributed by atoms with Crippen LogP contribution in [0.5, 0.6) is 0 Å². The number of nitrogens with zero attached hydrogens (tertiary/aromatic N) is 4. The molecule has 2 heterocycles. The first kappa shape index (κ1) is 17.1. The van der Waals surface area contributed by atoms with Crippen molar-refractivity contribution in [3.8, 4) is 0 Å². The zero-order chi connectivity index (χ0) is 16.9. The number of amides is 3. The van der Waals surface area contributed by atoms with Gasteiger partial charge in [0.05, 0.1) is 5.69 Å². The van der Waals surface area contributed by atoms with Gasteiger partial charge in [0.15, 0.2) is 0 Å². The lowest BCUT2D eigenvalue weighted by Gasteiger charge is -2.35. The van der Waals surface area contributed by atoms with E-state index in [2.05, 4.69) is 14.9 Å². The summed E-state index contributed by atoms with van der Waals surface area (Å²) in [6.45, 7) is 4.27. The van der Waals surface area contributed by atoms with E-state index in [9.17, 15) is 9.59 Å². The molecule has 0 radical (unpaired) electrons. The van der Waals surface area contributed by atoms with Crippen molar-refractivity contribution in [3.05, 3.63) is 10.6 Å². The fraction of sp³-hybridized carbons (Fsp3) is 0.750. The fourth-order valence-corrected chi connectivity index (χ4v) is 4.09. The Hall–Kier alpha value is -1.70. The van der Waals surface area contributed by atoms with Gasteiger partial charge >= 0.3 is 6.03 Å². The number of hydrogen-bond donors (Lipinski definition) is 1. The average Bonchev–Trinajstić information content (AvgIpc) is 3.11. The lowest BCUT2D eigenvalue weighted by atomic mass is 9.96. The monoisotopic (exact) mass is 351 g/mol. The van der Waals surface area contributed by atoms with Gasteiger partial charge in [-0.15, -0.1) is 5.10 Å². The molecule has 0 bridgehead atoms. The summed E-state index contributed by atoms with van der Waals surface area (Å²) < 4.78 is 3.89. The van der Waals surface area contributed by atoms with Crippen molar-refractivity contribution in [2.75, 3.05) is 26.2 Å². The number of piperazine rings is 1. The minimum atomic E-state index is -0.00538. The first-order chi connectivity index (χ1) is 11.7. The van der Waals surface area contributed by atoms with Crippen LogP contribution in [-0.2, 0) is 6.42 Å². The van der Waals surface area contributed by atoms with Crippen LogP contribution in [0, 0.1) is 0 Å². The Balaban J connectivity index is 1.50. The number of aromatic nitrogens is 2. The van der Waals surface area contributed by atoms with Crippen LogP contribution in [0.25, 0.3) is 0 Å². The minimum Gasteiger partial charge on any atom is -0.335 e. The Bertz CT molecular complexity index is 577. The van der Waals surface area contributed by atoms with Gasteiger partial charge in [-0.3, -0.25) is 4.79 Å². The van der Waals surface area contributed by atoms with Crippen molar-refractivity contribution < 1.29 is 9.59 Å². The first-order valence-corrected chi connectivity index (χ1v) is 9.62. The number of carbonyl (C=O) groups is 2. The van der Waals surface area contributed by atoms with Gasteiger partial charge in [-0.2, -0.15) is 0 Å². The molecule has 1 aromatic heterocycles. The smallest absolute Gasteiger partial charge is 0.317 e. The van der Waals surface area contributed by atoms with E-state index < -0.39 is 0 Å². The quantitative estimate of drug-likeness (QED) is 0.902. The van der Waals surface area contributed by atoms with Gasteiger partial charge < -0.3 is 15.1 Å². The molecule has 0 spiro atoms. The highest BCUT2D eigenvalue weighted by Crippen LogP contribution is 2.18.